The lowest BCUT2D eigenvalue weighted by molar-refractivity contribution is 0.340. The van der Waals surface area contributed by atoms with Gasteiger partial charge in [-0.15, -0.1) is 0 Å². The first kappa shape index (κ1) is 15.1. The van der Waals surface area contributed by atoms with Gasteiger partial charge in [-0.1, -0.05) is 6.42 Å². The zero-order chi connectivity index (χ0) is 15.4. The van der Waals surface area contributed by atoms with E-state index in [0.717, 1.165) is 36.0 Å². The van der Waals surface area contributed by atoms with Crippen LogP contribution in [0.1, 0.15) is 32.6 Å². The molecule has 1 atom stereocenters. The third-order valence-electron chi connectivity index (χ3n) is 4.39. The SMILES string of the molecule is CCOc1ccc2c(=O)n(CCC3CCCCN3)ccc2c1. The van der Waals surface area contributed by atoms with Crippen molar-refractivity contribution in [3.63, 3.8) is 0 Å². The molecule has 0 amide bonds. The molecule has 1 aromatic carbocycles. The Labute approximate surface area is 131 Å². The van der Waals surface area contributed by atoms with Crippen LogP contribution in [-0.2, 0) is 6.54 Å². The molecule has 1 saturated heterocycles. The summed E-state index contributed by atoms with van der Waals surface area (Å²) in [5.74, 6) is 0.818. The van der Waals surface area contributed by atoms with E-state index in [2.05, 4.69) is 5.32 Å². The number of ether oxygens (including phenoxy) is 1. The number of nitrogens with zero attached hydrogens (tertiary/aromatic N) is 1. The second-order valence-electron chi connectivity index (χ2n) is 5.93. The van der Waals surface area contributed by atoms with E-state index < -0.39 is 0 Å². The van der Waals surface area contributed by atoms with Crippen LogP contribution < -0.4 is 15.6 Å². The summed E-state index contributed by atoms with van der Waals surface area (Å²) in [5.41, 5.74) is 0.0938. The van der Waals surface area contributed by atoms with Gasteiger partial charge in [0.2, 0.25) is 0 Å². The zero-order valence-corrected chi connectivity index (χ0v) is 13.2. The predicted molar refractivity (Wildman–Crippen MR) is 89.6 cm³/mol. The van der Waals surface area contributed by atoms with Crippen LogP contribution in [0.15, 0.2) is 35.3 Å². The van der Waals surface area contributed by atoms with E-state index in [9.17, 15) is 4.79 Å². The monoisotopic (exact) mass is 300 g/mol. The Morgan fingerprint density at radius 2 is 2.23 bits per heavy atom. The first-order valence-electron chi connectivity index (χ1n) is 8.27. The summed E-state index contributed by atoms with van der Waals surface area (Å²) < 4.78 is 7.33. The van der Waals surface area contributed by atoms with Crippen molar-refractivity contribution in [1.29, 1.82) is 0 Å². The highest BCUT2D eigenvalue weighted by Crippen LogP contribution is 2.18. The van der Waals surface area contributed by atoms with Crippen molar-refractivity contribution in [2.24, 2.45) is 0 Å². The van der Waals surface area contributed by atoms with Crippen molar-refractivity contribution in [3.05, 3.63) is 40.8 Å². The summed E-state index contributed by atoms with van der Waals surface area (Å²) in [7, 11) is 0. The fraction of sp³-hybridized carbons (Fsp3) is 0.500. The summed E-state index contributed by atoms with van der Waals surface area (Å²) in [6, 6.07) is 8.25. The second kappa shape index (κ2) is 6.97. The molecule has 1 aliphatic rings. The van der Waals surface area contributed by atoms with E-state index in [4.69, 9.17) is 4.74 Å². The van der Waals surface area contributed by atoms with E-state index in [-0.39, 0.29) is 5.56 Å². The van der Waals surface area contributed by atoms with Crippen LogP contribution in [0.2, 0.25) is 0 Å². The highest BCUT2D eigenvalue weighted by molar-refractivity contribution is 5.82. The average Bonchev–Trinajstić information content (AvgIpc) is 2.55. The zero-order valence-electron chi connectivity index (χ0n) is 13.2. The van der Waals surface area contributed by atoms with Gasteiger partial charge in [0.1, 0.15) is 5.75 Å². The van der Waals surface area contributed by atoms with E-state index in [0.29, 0.717) is 12.6 Å². The summed E-state index contributed by atoms with van der Waals surface area (Å²) in [5, 5.41) is 5.25. The molecule has 1 unspecified atom stereocenters. The molecular weight excluding hydrogens is 276 g/mol. The predicted octanol–water partition coefficient (Wildman–Crippen LogP) is 2.93. The van der Waals surface area contributed by atoms with Crippen LogP contribution in [0, 0.1) is 0 Å². The van der Waals surface area contributed by atoms with E-state index in [1.165, 1.54) is 19.3 Å². The first-order valence-corrected chi connectivity index (χ1v) is 8.27. The Balaban J connectivity index is 1.77. The molecule has 0 spiro atoms. The van der Waals surface area contributed by atoms with Crippen molar-refractivity contribution in [1.82, 2.24) is 9.88 Å². The molecule has 3 rings (SSSR count). The van der Waals surface area contributed by atoms with Gasteiger partial charge in [-0.2, -0.15) is 0 Å². The molecule has 1 fully saturated rings. The number of hydrogen-bond acceptors (Lipinski definition) is 3. The standard InChI is InChI=1S/C18H24N2O2/c1-2-22-16-6-7-17-14(13-16)8-11-20(18(17)21)12-9-15-5-3-4-10-19-15/h6-8,11,13,15,19H,2-5,9-10,12H2,1H3. The topological polar surface area (TPSA) is 43.3 Å². The number of benzene rings is 1. The minimum atomic E-state index is 0.0938. The number of fused-ring (bicyclic) bond motifs is 1. The minimum absolute atomic E-state index is 0.0938. The molecule has 4 heteroatoms. The number of aryl methyl sites for hydroxylation is 1. The van der Waals surface area contributed by atoms with E-state index in [1.807, 2.05) is 42.0 Å². The maximum Gasteiger partial charge on any atom is 0.258 e. The lowest BCUT2D eigenvalue weighted by Gasteiger charge is -2.23. The second-order valence-corrected chi connectivity index (χ2v) is 5.93. The normalized spacial score (nSPS) is 18.5. The minimum Gasteiger partial charge on any atom is -0.494 e. The van der Waals surface area contributed by atoms with Gasteiger partial charge in [0, 0.05) is 24.2 Å². The first-order chi connectivity index (χ1) is 10.8. The third kappa shape index (κ3) is 3.33. The molecule has 0 aliphatic carbocycles. The van der Waals surface area contributed by atoms with Crippen LogP contribution in [0.5, 0.6) is 5.75 Å². The van der Waals surface area contributed by atoms with Crippen LogP contribution in [0.4, 0.5) is 0 Å². The summed E-state index contributed by atoms with van der Waals surface area (Å²) in [4.78, 5) is 12.6. The van der Waals surface area contributed by atoms with Gasteiger partial charge in [-0.25, -0.2) is 0 Å². The van der Waals surface area contributed by atoms with Crippen molar-refractivity contribution in [3.8, 4) is 5.75 Å². The van der Waals surface area contributed by atoms with Gasteiger partial charge in [0.05, 0.1) is 6.61 Å². The van der Waals surface area contributed by atoms with Crippen molar-refractivity contribution >= 4 is 10.8 Å². The van der Waals surface area contributed by atoms with Crippen molar-refractivity contribution in [2.45, 2.75) is 45.2 Å². The number of piperidine rings is 1. The van der Waals surface area contributed by atoms with Gasteiger partial charge >= 0.3 is 0 Å². The molecule has 2 aromatic rings. The van der Waals surface area contributed by atoms with E-state index >= 15 is 0 Å². The number of pyridine rings is 1. The lowest BCUT2D eigenvalue weighted by Crippen LogP contribution is -2.35. The fourth-order valence-electron chi connectivity index (χ4n) is 3.16. The Morgan fingerprint density at radius 3 is 3.00 bits per heavy atom. The smallest absolute Gasteiger partial charge is 0.258 e. The van der Waals surface area contributed by atoms with Crippen molar-refractivity contribution < 1.29 is 4.74 Å². The highest BCUT2D eigenvalue weighted by atomic mass is 16.5. The maximum absolute atomic E-state index is 12.6. The van der Waals surface area contributed by atoms with Crippen LogP contribution >= 0.6 is 0 Å². The van der Waals surface area contributed by atoms with Gasteiger partial charge in [0.15, 0.2) is 0 Å². The summed E-state index contributed by atoms with van der Waals surface area (Å²) >= 11 is 0. The van der Waals surface area contributed by atoms with Gasteiger partial charge in [-0.3, -0.25) is 4.79 Å². The van der Waals surface area contributed by atoms with Gasteiger partial charge in [0.25, 0.3) is 5.56 Å². The van der Waals surface area contributed by atoms with Gasteiger partial charge < -0.3 is 14.6 Å². The molecule has 0 radical (unpaired) electrons. The Kier molecular flexibility index (Phi) is 4.78. The number of aromatic nitrogens is 1. The van der Waals surface area contributed by atoms with Crippen molar-refractivity contribution in [2.75, 3.05) is 13.2 Å². The Morgan fingerprint density at radius 1 is 1.32 bits per heavy atom. The average molecular weight is 300 g/mol. The van der Waals surface area contributed by atoms with Crippen LogP contribution in [0.25, 0.3) is 10.8 Å². The van der Waals surface area contributed by atoms with Crippen LogP contribution in [-0.4, -0.2) is 23.8 Å². The Hall–Kier alpha value is -1.81. The largest absolute Gasteiger partial charge is 0.494 e. The molecule has 0 bridgehead atoms. The van der Waals surface area contributed by atoms with Crippen LogP contribution in [0.3, 0.4) is 0 Å². The van der Waals surface area contributed by atoms with Gasteiger partial charge in [-0.05, 0) is 62.4 Å². The van der Waals surface area contributed by atoms with E-state index in [1.54, 1.807) is 0 Å². The third-order valence-corrected chi connectivity index (χ3v) is 4.39. The number of hydrogen-bond donors (Lipinski definition) is 1. The lowest BCUT2D eigenvalue weighted by atomic mass is 10.0. The fourth-order valence-corrected chi connectivity index (χ4v) is 3.16. The molecule has 1 aromatic heterocycles. The Bertz CT molecular complexity index is 687. The molecule has 118 valence electrons. The highest BCUT2D eigenvalue weighted by Gasteiger charge is 2.13. The summed E-state index contributed by atoms with van der Waals surface area (Å²) in [6.45, 7) is 4.48. The molecule has 0 saturated carbocycles. The molecule has 4 nitrogen and oxygen atoms in total. The molecule has 22 heavy (non-hydrogen) atoms. The number of nitrogens with one attached hydrogen (secondary N) is 1. The maximum atomic E-state index is 12.6. The molecule has 1 N–H and O–H groups in total. The molecular formula is C18H24N2O2. The quantitative estimate of drug-likeness (QED) is 0.923. The summed E-state index contributed by atoms with van der Waals surface area (Å²) in [6.07, 6.45) is 6.71. The molecule has 1 aliphatic heterocycles. The number of rotatable bonds is 5. The molecule has 2 heterocycles.